The molecule has 2 N–H and O–H groups in total. The summed E-state index contributed by atoms with van der Waals surface area (Å²) in [6.07, 6.45) is 2.06. The summed E-state index contributed by atoms with van der Waals surface area (Å²) in [5.74, 6) is -1.30. The Kier molecular flexibility index (Phi) is 11.2. The zero-order valence-electron chi connectivity index (χ0n) is 23.6. The van der Waals surface area contributed by atoms with Crippen LogP contribution in [0.5, 0.6) is 0 Å². The number of rotatable bonds is 7. The van der Waals surface area contributed by atoms with Crippen molar-refractivity contribution in [1.82, 2.24) is 0 Å². The standard InChI is InChI=1S/C27H42O7.C2H6.CH4/c1-8-11-18-21-17(4)12-13-27(31,24(21,5)6)14-19(25(7,22(18)29)20(28)9-2)26(15-32-16-26)34-23(30)33-10-3;1-2;/h8,18-20,28,31H,1,9-16H2,2-7H3;1-2H3;1H4/t18?,19?,20-,25-,27+;;/m0../s1. The van der Waals surface area contributed by atoms with Crippen LogP contribution in [0.1, 0.15) is 94.9 Å². The Balaban J connectivity index is 0.00000223. The van der Waals surface area contributed by atoms with Crippen molar-refractivity contribution in [2.24, 2.45) is 22.7 Å². The SMILES string of the molecule is C.C=CCC1C(=O)[C@](C)([C@@H](O)CC)C(C2(OC(=O)OCC)COC2)C[C@]2(O)CCC(C)=C1C2(C)C.CC. The Morgan fingerprint density at radius 3 is 2.30 bits per heavy atom. The first-order valence-electron chi connectivity index (χ1n) is 13.5. The van der Waals surface area contributed by atoms with E-state index in [1.165, 1.54) is 0 Å². The number of allylic oxidation sites excluding steroid dienone is 2. The van der Waals surface area contributed by atoms with E-state index in [1.54, 1.807) is 19.9 Å². The topological polar surface area (TPSA) is 102 Å². The zero-order chi connectivity index (χ0) is 27.5. The Morgan fingerprint density at radius 1 is 1.24 bits per heavy atom. The molecule has 37 heavy (non-hydrogen) atoms. The fraction of sp³-hybridized carbons (Fsp3) is 0.800. The van der Waals surface area contributed by atoms with E-state index < -0.39 is 46.1 Å². The maximum absolute atomic E-state index is 14.5. The fourth-order valence-corrected chi connectivity index (χ4v) is 6.84. The third-order valence-corrected chi connectivity index (χ3v) is 9.03. The predicted molar refractivity (Wildman–Crippen MR) is 146 cm³/mol. The highest BCUT2D eigenvalue weighted by molar-refractivity contribution is 5.91. The minimum absolute atomic E-state index is 0. The summed E-state index contributed by atoms with van der Waals surface area (Å²) in [5.41, 5.74) is -2.25. The summed E-state index contributed by atoms with van der Waals surface area (Å²) < 4.78 is 16.5. The molecule has 0 radical (unpaired) electrons. The van der Waals surface area contributed by atoms with Gasteiger partial charge in [-0.1, -0.05) is 59.3 Å². The third-order valence-electron chi connectivity index (χ3n) is 9.03. The van der Waals surface area contributed by atoms with Crippen molar-refractivity contribution < 1.29 is 34.0 Å². The highest BCUT2D eigenvalue weighted by atomic mass is 16.7. The maximum atomic E-state index is 14.5. The average molecular weight is 525 g/mol. The molecule has 214 valence electrons. The quantitative estimate of drug-likeness (QED) is 0.310. The number of carbonyl (C=O) groups is 2. The summed E-state index contributed by atoms with van der Waals surface area (Å²) in [6.45, 7) is 19.6. The number of carbonyl (C=O) groups excluding carboxylic acids is 2. The van der Waals surface area contributed by atoms with Gasteiger partial charge in [-0.3, -0.25) is 4.79 Å². The molecule has 1 heterocycles. The molecule has 0 aromatic carbocycles. The molecule has 7 heteroatoms. The van der Waals surface area contributed by atoms with E-state index in [-0.39, 0.29) is 39.5 Å². The van der Waals surface area contributed by atoms with Gasteiger partial charge in [-0.25, -0.2) is 4.79 Å². The second-order valence-electron chi connectivity index (χ2n) is 11.1. The summed E-state index contributed by atoms with van der Waals surface area (Å²) in [5, 5.41) is 23.6. The molecule has 3 rings (SSSR count). The molecule has 2 unspecified atom stereocenters. The van der Waals surface area contributed by atoms with Gasteiger partial charge in [0.2, 0.25) is 0 Å². The van der Waals surface area contributed by atoms with E-state index in [1.807, 2.05) is 41.5 Å². The van der Waals surface area contributed by atoms with Crippen molar-refractivity contribution >= 4 is 11.9 Å². The largest absolute Gasteiger partial charge is 0.508 e. The number of ketones is 1. The van der Waals surface area contributed by atoms with E-state index in [0.29, 0.717) is 25.7 Å². The molecule has 0 aromatic heterocycles. The number of aliphatic hydroxyl groups excluding tert-OH is 1. The minimum Gasteiger partial charge on any atom is -0.435 e. The molecular weight excluding hydrogens is 472 g/mol. The van der Waals surface area contributed by atoms with E-state index in [0.717, 1.165) is 11.1 Å². The Labute approximate surface area is 224 Å². The summed E-state index contributed by atoms with van der Waals surface area (Å²) >= 11 is 0. The Hall–Kier alpha value is -1.70. The van der Waals surface area contributed by atoms with Crippen LogP contribution in [0.2, 0.25) is 0 Å². The average Bonchev–Trinajstić information content (AvgIpc) is 2.82. The van der Waals surface area contributed by atoms with Gasteiger partial charge in [0, 0.05) is 17.3 Å². The van der Waals surface area contributed by atoms with Gasteiger partial charge in [0.15, 0.2) is 5.60 Å². The van der Waals surface area contributed by atoms with Crippen molar-refractivity contribution in [3.05, 3.63) is 23.8 Å². The van der Waals surface area contributed by atoms with Gasteiger partial charge in [-0.15, -0.1) is 6.58 Å². The van der Waals surface area contributed by atoms with E-state index in [2.05, 4.69) is 6.58 Å². The summed E-state index contributed by atoms with van der Waals surface area (Å²) in [7, 11) is 0. The van der Waals surface area contributed by atoms with E-state index >= 15 is 0 Å². The van der Waals surface area contributed by atoms with Crippen LogP contribution in [0.4, 0.5) is 4.79 Å². The first-order valence-corrected chi connectivity index (χ1v) is 13.5. The van der Waals surface area contributed by atoms with Crippen LogP contribution < -0.4 is 0 Å². The van der Waals surface area contributed by atoms with Gasteiger partial charge in [0.25, 0.3) is 0 Å². The van der Waals surface area contributed by atoms with E-state index in [4.69, 9.17) is 14.2 Å². The maximum Gasteiger partial charge on any atom is 0.508 e. The monoisotopic (exact) mass is 524 g/mol. The van der Waals surface area contributed by atoms with Crippen LogP contribution in [0.25, 0.3) is 0 Å². The smallest absolute Gasteiger partial charge is 0.435 e. The molecule has 0 amide bonds. The molecule has 3 aliphatic rings. The lowest BCUT2D eigenvalue weighted by Gasteiger charge is -2.61. The Morgan fingerprint density at radius 2 is 1.84 bits per heavy atom. The van der Waals surface area contributed by atoms with Crippen molar-refractivity contribution in [2.45, 2.75) is 112 Å². The van der Waals surface area contributed by atoms with Crippen LogP contribution in [-0.4, -0.2) is 59.3 Å². The zero-order valence-corrected chi connectivity index (χ0v) is 23.6. The molecule has 5 atom stereocenters. The van der Waals surface area contributed by atoms with Gasteiger partial charge >= 0.3 is 6.16 Å². The van der Waals surface area contributed by atoms with Crippen LogP contribution in [0, 0.1) is 22.7 Å². The molecule has 1 saturated carbocycles. The molecule has 7 nitrogen and oxygen atoms in total. The molecule has 2 bridgehead atoms. The van der Waals surface area contributed by atoms with Gasteiger partial charge in [-0.2, -0.15) is 0 Å². The fourth-order valence-electron chi connectivity index (χ4n) is 6.84. The van der Waals surface area contributed by atoms with Crippen molar-refractivity contribution in [1.29, 1.82) is 0 Å². The third kappa shape index (κ3) is 5.41. The van der Waals surface area contributed by atoms with Gasteiger partial charge < -0.3 is 24.4 Å². The number of ether oxygens (including phenoxy) is 3. The normalized spacial score (nSPS) is 32.8. The second kappa shape index (κ2) is 12.4. The summed E-state index contributed by atoms with van der Waals surface area (Å²) in [6, 6.07) is 0. The summed E-state index contributed by atoms with van der Waals surface area (Å²) in [4.78, 5) is 27.0. The van der Waals surface area contributed by atoms with Gasteiger partial charge in [-0.05, 0) is 52.9 Å². The number of hydrogen-bond donors (Lipinski definition) is 2. The van der Waals surface area contributed by atoms with Crippen molar-refractivity contribution in [2.75, 3.05) is 19.8 Å². The first-order chi connectivity index (χ1) is 16.8. The lowest BCUT2D eigenvalue weighted by atomic mass is 9.47. The Bertz CT molecular complexity index is 856. The molecular formula is C30H52O7. The predicted octanol–water partition coefficient (Wildman–Crippen LogP) is 6.02. The van der Waals surface area contributed by atoms with Crippen LogP contribution in [0.15, 0.2) is 23.8 Å². The number of fused-ring (bicyclic) bond motifs is 2. The molecule has 2 aliphatic carbocycles. The van der Waals surface area contributed by atoms with Crippen LogP contribution >= 0.6 is 0 Å². The first kappa shape index (κ1) is 33.3. The molecule has 0 aromatic rings. The molecule has 1 saturated heterocycles. The van der Waals surface area contributed by atoms with Crippen molar-refractivity contribution in [3.63, 3.8) is 0 Å². The van der Waals surface area contributed by atoms with Gasteiger partial charge in [0.05, 0.1) is 36.9 Å². The van der Waals surface area contributed by atoms with E-state index in [9.17, 15) is 19.8 Å². The molecule has 0 spiro atoms. The minimum atomic E-state index is -1.29. The van der Waals surface area contributed by atoms with Crippen LogP contribution in [0.3, 0.4) is 0 Å². The number of hydrogen-bond acceptors (Lipinski definition) is 7. The lowest BCUT2D eigenvalue weighted by Crippen LogP contribution is -2.69. The molecule has 1 aliphatic heterocycles. The number of aliphatic hydroxyl groups is 2. The van der Waals surface area contributed by atoms with Gasteiger partial charge in [0.1, 0.15) is 5.78 Å². The molecule has 2 fully saturated rings. The van der Waals surface area contributed by atoms with Crippen LogP contribution in [-0.2, 0) is 19.0 Å². The lowest BCUT2D eigenvalue weighted by molar-refractivity contribution is -0.257. The van der Waals surface area contributed by atoms with Crippen molar-refractivity contribution in [3.8, 4) is 0 Å². The highest BCUT2D eigenvalue weighted by Crippen LogP contribution is 2.61. The number of Topliss-reactive ketones (excluding diaryl/α,β-unsaturated/α-hetero) is 1. The highest BCUT2D eigenvalue weighted by Gasteiger charge is 2.67. The second-order valence-corrected chi connectivity index (χ2v) is 11.1.